The maximum atomic E-state index is 12.4. The fourth-order valence-electron chi connectivity index (χ4n) is 5.08. The lowest BCUT2D eigenvalue weighted by molar-refractivity contribution is -0.137. The molecule has 2 rings (SSSR count). The lowest BCUT2D eigenvalue weighted by Gasteiger charge is -2.16. The van der Waals surface area contributed by atoms with E-state index in [4.69, 9.17) is 0 Å². The molecule has 0 aliphatic heterocycles. The van der Waals surface area contributed by atoms with Gasteiger partial charge in [-0.3, -0.25) is 14.4 Å². The SMILES string of the molecule is CCCCCC(O)C=CC1CCC(=O)C1CCCCCCC(=O)NCC(CC(=O)O)c1ccccc1. The minimum atomic E-state index is -0.875. The second kappa shape index (κ2) is 17.1. The number of carboxylic acids is 1. The zero-order valence-electron chi connectivity index (χ0n) is 21.9. The fourth-order valence-corrected chi connectivity index (χ4v) is 5.08. The quantitative estimate of drug-likeness (QED) is 0.175. The van der Waals surface area contributed by atoms with E-state index in [1.807, 2.05) is 36.4 Å². The molecular formula is C30H45NO5. The van der Waals surface area contributed by atoms with E-state index in [-0.39, 0.29) is 30.1 Å². The number of carboxylic acid groups (broad SMARTS) is 1. The van der Waals surface area contributed by atoms with Gasteiger partial charge in [-0.1, -0.05) is 87.9 Å². The number of benzene rings is 1. The molecule has 4 unspecified atom stereocenters. The number of ketones is 1. The largest absolute Gasteiger partial charge is 0.481 e. The topological polar surface area (TPSA) is 104 Å². The van der Waals surface area contributed by atoms with Crippen LogP contribution in [-0.4, -0.2) is 40.5 Å². The molecule has 3 N–H and O–H groups in total. The van der Waals surface area contributed by atoms with Gasteiger partial charge in [-0.2, -0.15) is 0 Å². The molecule has 1 fully saturated rings. The third-order valence-corrected chi connectivity index (χ3v) is 7.24. The van der Waals surface area contributed by atoms with Gasteiger partial charge in [0.2, 0.25) is 5.91 Å². The molecule has 1 aromatic carbocycles. The molecule has 0 heterocycles. The number of nitrogens with one attached hydrogen (secondary N) is 1. The molecule has 0 saturated heterocycles. The van der Waals surface area contributed by atoms with Crippen LogP contribution in [0.2, 0.25) is 0 Å². The van der Waals surface area contributed by atoms with Gasteiger partial charge >= 0.3 is 5.97 Å². The number of hydrogen-bond acceptors (Lipinski definition) is 4. The number of Topliss-reactive ketones (excluding diaryl/α,β-unsaturated/α-hetero) is 1. The summed E-state index contributed by atoms with van der Waals surface area (Å²) >= 11 is 0. The Labute approximate surface area is 216 Å². The lowest BCUT2D eigenvalue weighted by atomic mass is 9.89. The Balaban J connectivity index is 1.63. The van der Waals surface area contributed by atoms with E-state index in [0.29, 0.717) is 25.2 Å². The summed E-state index contributed by atoms with van der Waals surface area (Å²) in [5.41, 5.74) is 0.917. The van der Waals surface area contributed by atoms with Crippen LogP contribution in [0.5, 0.6) is 0 Å². The standard InChI is InChI=1S/C30H45NO5/c1-2-3-7-14-26(32)19-17-24-18-20-28(33)27(24)15-10-4-5-11-16-29(34)31-22-25(21-30(35)36)23-12-8-6-9-13-23/h6,8-9,12-13,17,19,24-27,32H,2-5,7,10-11,14-16,18,20-22H2,1H3,(H,31,34)(H,35,36). The molecule has 1 saturated carbocycles. The predicted octanol–water partition coefficient (Wildman–Crippen LogP) is 5.79. The van der Waals surface area contributed by atoms with Crippen LogP contribution < -0.4 is 5.32 Å². The third kappa shape index (κ3) is 11.5. The van der Waals surface area contributed by atoms with Crippen molar-refractivity contribution in [2.45, 2.75) is 102 Å². The average Bonchev–Trinajstić information content (AvgIpc) is 3.22. The van der Waals surface area contributed by atoms with Crippen LogP contribution in [0.1, 0.15) is 102 Å². The molecule has 0 radical (unpaired) electrons. The lowest BCUT2D eigenvalue weighted by Crippen LogP contribution is -2.29. The number of amides is 1. The molecule has 1 aliphatic rings. The summed E-state index contributed by atoms with van der Waals surface area (Å²) in [7, 11) is 0. The molecule has 1 amide bonds. The third-order valence-electron chi connectivity index (χ3n) is 7.24. The van der Waals surface area contributed by atoms with E-state index >= 15 is 0 Å². The number of hydrogen-bond donors (Lipinski definition) is 3. The van der Waals surface area contributed by atoms with Crippen LogP contribution in [0.4, 0.5) is 0 Å². The molecule has 6 nitrogen and oxygen atoms in total. The second-order valence-electron chi connectivity index (χ2n) is 10.2. The first-order valence-corrected chi connectivity index (χ1v) is 13.8. The summed E-state index contributed by atoms with van der Waals surface area (Å²) in [6.45, 7) is 2.47. The molecule has 6 heteroatoms. The first kappa shape index (κ1) is 29.8. The van der Waals surface area contributed by atoms with Crippen LogP contribution in [0.15, 0.2) is 42.5 Å². The zero-order valence-corrected chi connectivity index (χ0v) is 21.9. The Kier molecular flexibility index (Phi) is 14.1. The van der Waals surface area contributed by atoms with E-state index in [1.165, 1.54) is 0 Å². The Morgan fingerprint density at radius 1 is 1.08 bits per heavy atom. The van der Waals surface area contributed by atoms with Crippen molar-refractivity contribution in [2.24, 2.45) is 11.8 Å². The molecule has 0 spiro atoms. The minimum absolute atomic E-state index is 0.0157. The smallest absolute Gasteiger partial charge is 0.304 e. The molecule has 1 aliphatic carbocycles. The molecule has 4 atom stereocenters. The number of aliphatic hydroxyl groups is 1. The Hall–Kier alpha value is -2.47. The maximum absolute atomic E-state index is 12.4. The number of aliphatic carboxylic acids is 1. The number of aliphatic hydroxyl groups excluding tert-OH is 1. The van der Waals surface area contributed by atoms with Gasteiger partial charge in [0, 0.05) is 31.2 Å². The summed E-state index contributed by atoms with van der Waals surface area (Å²) in [5.74, 6) is -0.506. The molecule has 1 aromatic rings. The van der Waals surface area contributed by atoms with Gasteiger partial charge in [0.05, 0.1) is 12.5 Å². The van der Waals surface area contributed by atoms with Gasteiger partial charge in [0.25, 0.3) is 0 Å². The van der Waals surface area contributed by atoms with E-state index in [2.05, 4.69) is 18.3 Å². The highest BCUT2D eigenvalue weighted by molar-refractivity contribution is 5.83. The van der Waals surface area contributed by atoms with Gasteiger partial charge in [-0.15, -0.1) is 0 Å². The number of allylic oxidation sites excluding steroid dienone is 1. The summed E-state index contributed by atoms with van der Waals surface area (Å²) in [5, 5.41) is 22.2. The van der Waals surface area contributed by atoms with Gasteiger partial charge in [-0.05, 0) is 37.2 Å². The van der Waals surface area contributed by atoms with Gasteiger partial charge in [-0.25, -0.2) is 0 Å². The van der Waals surface area contributed by atoms with Crippen molar-refractivity contribution in [1.82, 2.24) is 5.32 Å². The van der Waals surface area contributed by atoms with Crippen LogP contribution in [0, 0.1) is 11.8 Å². The average molecular weight is 500 g/mol. The van der Waals surface area contributed by atoms with Crippen molar-refractivity contribution in [1.29, 1.82) is 0 Å². The number of unbranched alkanes of at least 4 members (excludes halogenated alkanes) is 5. The molecule has 36 heavy (non-hydrogen) atoms. The summed E-state index contributed by atoms with van der Waals surface area (Å²) in [6, 6.07) is 9.43. The highest BCUT2D eigenvalue weighted by atomic mass is 16.4. The second-order valence-corrected chi connectivity index (χ2v) is 10.2. The van der Waals surface area contributed by atoms with Crippen LogP contribution in [0.3, 0.4) is 0 Å². The van der Waals surface area contributed by atoms with Crippen LogP contribution in [-0.2, 0) is 14.4 Å². The Morgan fingerprint density at radius 2 is 1.83 bits per heavy atom. The normalized spacial score (nSPS) is 19.4. The first-order valence-electron chi connectivity index (χ1n) is 13.8. The Bertz CT molecular complexity index is 822. The number of carbonyl (C=O) groups excluding carboxylic acids is 2. The van der Waals surface area contributed by atoms with Crippen molar-refractivity contribution in [3.8, 4) is 0 Å². The highest BCUT2D eigenvalue weighted by Crippen LogP contribution is 2.34. The molecular weight excluding hydrogens is 454 g/mol. The molecule has 0 aromatic heterocycles. The zero-order chi connectivity index (χ0) is 26.2. The number of rotatable bonds is 18. The van der Waals surface area contributed by atoms with Crippen LogP contribution >= 0.6 is 0 Å². The summed E-state index contributed by atoms with van der Waals surface area (Å²) in [6.07, 6.45) is 14.1. The van der Waals surface area contributed by atoms with E-state index in [9.17, 15) is 24.6 Å². The highest BCUT2D eigenvalue weighted by Gasteiger charge is 2.32. The van der Waals surface area contributed by atoms with Gasteiger partial charge in [0.15, 0.2) is 0 Å². The summed E-state index contributed by atoms with van der Waals surface area (Å²) in [4.78, 5) is 35.8. The van der Waals surface area contributed by atoms with Crippen molar-refractivity contribution < 1.29 is 24.6 Å². The van der Waals surface area contributed by atoms with Gasteiger partial charge < -0.3 is 15.5 Å². The maximum Gasteiger partial charge on any atom is 0.304 e. The first-order chi connectivity index (χ1) is 17.4. The van der Waals surface area contributed by atoms with Gasteiger partial charge in [0.1, 0.15) is 5.78 Å². The molecule has 0 bridgehead atoms. The number of carbonyl (C=O) groups is 3. The Morgan fingerprint density at radius 3 is 2.56 bits per heavy atom. The molecule has 200 valence electrons. The van der Waals surface area contributed by atoms with Crippen molar-refractivity contribution in [3.05, 3.63) is 48.0 Å². The predicted molar refractivity (Wildman–Crippen MR) is 143 cm³/mol. The van der Waals surface area contributed by atoms with E-state index < -0.39 is 12.1 Å². The fraction of sp³-hybridized carbons (Fsp3) is 0.633. The van der Waals surface area contributed by atoms with E-state index in [1.54, 1.807) is 0 Å². The monoisotopic (exact) mass is 499 g/mol. The minimum Gasteiger partial charge on any atom is -0.481 e. The van der Waals surface area contributed by atoms with Crippen molar-refractivity contribution in [3.63, 3.8) is 0 Å². The summed E-state index contributed by atoms with van der Waals surface area (Å²) < 4.78 is 0. The van der Waals surface area contributed by atoms with Crippen LogP contribution in [0.25, 0.3) is 0 Å². The van der Waals surface area contributed by atoms with Crippen molar-refractivity contribution in [2.75, 3.05) is 6.54 Å². The van der Waals surface area contributed by atoms with E-state index in [0.717, 1.165) is 69.8 Å². The van der Waals surface area contributed by atoms with Crippen molar-refractivity contribution >= 4 is 17.7 Å².